The summed E-state index contributed by atoms with van der Waals surface area (Å²) in [6.45, 7) is 0.354. The second-order valence-electron chi connectivity index (χ2n) is 8.25. The minimum Gasteiger partial charge on any atom is -0.494 e. The second-order valence-corrected chi connectivity index (χ2v) is 8.25. The lowest BCUT2D eigenvalue weighted by molar-refractivity contribution is -0.384. The number of fused-ring (bicyclic) bond motifs is 1. The van der Waals surface area contributed by atoms with Crippen LogP contribution in [0.1, 0.15) is 22.3 Å². The highest BCUT2D eigenvalue weighted by molar-refractivity contribution is 6.22. The van der Waals surface area contributed by atoms with Gasteiger partial charge in [-0.25, -0.2) is 9.79 Å². The Balaban J connectivity index is 1.62. The van der Waals surface area contributed by atoms with E-state index in [2.05, 4.69) is 15.6 Å². The molecule has 1 fully saturated rings. The average Bonchev–Trinajstić information content (AvgIpc) is 3.39. The van der Waals surface area contributed by atoms with Gasteiger partial charge in [0.1, 0.15) is 5.70 Å². The first-order valence-corrected chi connectivity index (χ1v) is 11.1. The summed E-state index contributed by atoms with van der Waals surface area (Å²) < 4.78 is 0. The number of nitro groups is 1. The van der Waals surface area contributed by atoms with Crippen molar-refractivity contribution in [2.75, 3.05) is 0 Å². The number of non-ortho nitro benzene ring substituents is 1. The molecule has 0 spiro atoms. The van der Waals surface area contributed by atoms with Gasteiger partial charge >= 0.3 is 6.03 Å². The number of hydrogen-bond donors (Lipinski definition) is 5. The van der Waals surface area contributed by atoms with E-state index in [0.29, 0.717) is 45.5 Å². The molecule has 0 bridgehead atoms. The molecule has 2 heterocycles. The number of nitrogens with zero attached hydrogens (tertiary/aromatic N) is 2. The quantitative estimate of drug-likeness (QED) is 0.0896. The van der Waals surface area contributed by atoms with E-state index >= 15 is 0 Å². The Hall–Kier alpha value is -5.29. The molecule has 0 aliphatic carbocycles. The number of aliphatic imine (C=N–C) groups is 1. The van der Waals surface area contributed by atoms with Gasteiger partial charge < -0.3 is 21.1 Å². The summed E-state index contributed by atoms with van der Waals surface area (Å²) in [6.07, 6.45) is 1.53. The summed E-state index contributed by atoms with van der Waals surface area (Å²) in [5, 5.41) is 27.2. The molecule has 37 heavy (non-hydrogen) atoms. The van der Waals surface area contributed by atoms with E-state index in [1.54, 1.807) is 24.3 Å². The fourth-order valence-electron chi connectivity index (χ4n) is 4.01. The van der Waals surface area contributed by atoms with Crippen LogP contribution < -0.4 is 16.4 Å². The van der Waals surface area contributed by atoms with Crippen LogP contribution in [0.3, 0.4) is 0 Å². The van der Waals surface area contributed by atoms with Gasteiger partial charge in [0.2, 0.25) is 0 Å². The highest BCUT2D eigenvalue weighted by Gasteiger charge is 2.23. The molecule has 6 N–H and O–H groups in total. The molecule has 11 heteroatoms. The number of aromatic nitrogens is 1. The third kappa shape index (κ3) is 4.66. The van der Waals surface area contributed by atoms with Crippen molar-refractivity contribution < 1.29 is 19.6 Å². The largest absolute Gasteiger partial charge is 0.494 e. The van der Waals surface area contributed by atoms with Gasteiger partial charge in [-0.3, -0.25) is 20.2 Å². The zero-order valence-electron chi connectivity index (χ0n) is 19.2. The Morgan fingerprint density at radius 2 is 1.76 bits per heavy atom. The number of aromatic hydroxyl groups is 1. The van der Waals surface area contributed by atoms with Gasteiger partial charge in [-0.1, -0.05) is 36.4 Å². The molecule has 1 aliphatic rings. The first-order valence-electron chi connectivity index (χ1n) is 11.1. The van der Waals surface area contributed by atoms with Crippen molar-refractivity contribution in [1.82, 2.24) is 15.6 Å². The summed E-state index contributed by atoms with van der Waals surface area (Å²) in [7, 11) is 0. The molecular weight excluding hydrogens is 476 g/mol. The number of nitrogens with two attached hydrogens (primary N) is 1. The maximum absolute atomic E-state index is 11.8. The van der Waals surface area contributed by atoms with Crippen molar-refractivity contribution in [1.29, 1.82) is 0 Å². The fourth-order valence-corrected chi connectivity index (χ4v) is 4.01. The summed E-state index contributed by atoms with van der Waals surface area (Å²) in [4.78, 5) is 41.6. The number of urea groups is 1. The fraction of sp³-hybridized carbons (Fsp3) is 0.0385. The number of aromatic amines is 1. The van der Waals surface area contributed by atoms with Crippen molar-refractivity contribution in [3.63, 3.8) is 0 Å². The Kier molecular flexibility index (Phi) is 5.96. The van der Waals surface area contributed by atoms with Crippen LogP contribution in [-0.2, 0) is 11.3 Å². The number of amides is 3. The summed E-state index contributed by atoms with van der Waals surface area (Å²) >= 11 is 0. The number of carbonyl (C=O) groups excluding carboxylic acids is 2. The monoisotopic (exact) mass is 496 g/mol. The van der Waals surface area contributed by atoms with Crippen molar-refractivity contribution in [2.45, 2.75) is 6.54 Å². The first-order chi connectivity index (χ1) is 17.8. The zero-order valence-corrected chi connectivity index (χ0v) is 19.2. The normalized spacial score (nSPS) is 14.7. The van der Waals surface area contributed by atoms with Crippen molar-refractivity contribution in [3.8, 4) is 5.88 Å². The number of carbonyl (C=O) groups is 2. The maximum Gasteiger partial charge on any atom is 0.326 e. The molecule has 1 aliphatic heterocycles. The van der Waals surface area contributed by atoms with Crippen LogP contribution in [0.4, 0.5) is 16.2 Å². The standard InChI is InChI=1S/C26H20N6O5/c27-13-15-1-5-16(6-2-15)23(22-19-12-18(32(36)37)9-10-20(19)29-25(22)34)28-17-7-3-14(4-8-17)11-21-24(33)31-26(35)30-21/h1-12,29,34H,13,27H2,(H2,30,31,33,35)/b21-11-,28-23?. The van der Waals surface area contributed by atoms with Gasteiger partial charge in [0.05, 0.1) is 21.9 Å². The van der Waals surface area contributed by atoms with Crippen molar-refractivity contribution in [2.24, 2.45) is 10.7 Å². The second kappa shape index (κ2) is 9.40. The summed E-state index contributed by atoms with van der Waals surface area (Å²) in [6, 6.07) is 17.9. The molecule has 1 saturated heterocycles. The van der Waals surface area contributed by atoms with Crippen LogP contribution in [0.15, 0.2) is 77.4 Å². The number of nitrogens with one attached hydrogen (secondary N) is 3. The van der Waals surface area contributed by atoms with Gasteiger partial charge in [0.15, 0.2) is 5.88 Å². The number of rotatable bonds is 6. The Bertz CT molecular complexity index is 1620. The molecule has 11 nitrogen and oxygen atoms in total. The lowest BCUT2D eigenvalue weighted by atomic mass is 9.99. The predicted molar refractivity (Wildman–Crippen MR) is 137 cm³/mol. The van der Waals surface area contributed by atoms with Crippen LogP contribution in [0, 0.1) is 10.1 Å². The van der Waals surface area contributed by atoms with Gasteiger partial charge in [0.25, 0.3) is 11.6 Å². The summed E-state index contributed by atoms with van der Waals surface area (Å²) in [5.74, 6) is -0.694. The maximum atomic E-state index is 11.8. The lowest BCUT2D eigenvalue weighted by Crippen LogP contribution is -2.22. The van der Waals surface area contributed by atoms with Crippen molar-refractivity contribution >= 4 is 46.0 Å². The molecular formula is C26H20N6O5. The van der Waals surface area contributed by atoms with Crippen LogP contribution in [0.25, 0.3) is 17.0 Å². The number of hydrogen-bond acceptors (Lipinski definition) is 7. The highest BCUT2D eigenvalue weighted by Crippen LogP contribution is 2.33. The molecule has 184 valence electrons. The minimum absolute atomic E-state index is 0.119. The van der Waals surface area contributed by atoms with Gasteiger partial charge in [-0.15, -0.1) is 0 Å². The van der Waals surface area contributed by atoms with Gasteiger partial charge in [-0.2, -0.15) is 0 Å². The molecule has 3 aromatic carbocycles. The first kappa shape index (κ1) is 23.5. The van der Waals surface area contributed by atoms with E-state index in [1.165, 1.54) is 24.3 Å². The van der Waals surface area contributed by atoms with E-state index in [4.69, 9.17) is 10.7 Å². The van der Waals surface area contributed by atoms with E-state index in [1.807, 2.05) is 24.3 Å². The third-order valence-corrected chi connectivity index (χ3v) is 5.84. The number of benzene rings is 3. The SMILES string of the molecule is NCc1ccc(C(=Nc2ccc(/C=C3\NC(=O)NC3=O)cc2)c2c(O)[nH]c3ccc([N+](=O)[O-])cc23)cc1. The minimum atomic E-state index is -0.582. The molecule has 5 rings (SSSR count). The molecule has 0 radical (unpaired) electrons. The van der Waals surface area contributed by atoms with Crippen molar-refractivity contribution in [3.05, 3.63) is 105 Å². The van der Waals surface area contributed by atoms with Crippen LogP contribution >= 0.6 is 0 Å². The van der Waals surface area contributed by atoms with Gasteiger partial charge in [-0.05, 0) is 35.4 Å². The number of H-pyrrole nitrogens is 1. The molecule has 0 saturated carbocycles. The number of nitro benzene ring substituents is 1. The Labute approximate surface area is 209 Å². The third-order valence-electron chi connectivity index (χ3n) is 5.84. The van der Waals surface area contributed by atoms with E-state index < -0.39 is 16.9 Å². The topological polar surface area (TPSA) is 176 Å². The van der Waals surface area contributed by atoms with Gasteiger partial charge in [0, 0.05) is 35.1 Å². The Morgan fingerprint density at radius 3 is 2.38 bits per heavy atom. The van der Waals surface area contributed by atoms with Crippen LogP contribution in [-0.4, -0.2) is 32.7 Å². The molecule has 0 atom stereocenters. The number of imide groups is 1. The predicted octanol–water partition coefficient (Wildman–Crippen LogP) is 3.59. The van der Waals surface area contributed by atoms with Crippen LogP contribution in [0.5, 0.6) is 5.88 Å². The van der Waals surface area contributed by atoms with Crippen LogP contribution in [0.2, 0.25) is 0 Å². The van der Waals surface area contributed by atoms with E-state index in [9.17, 15) is 24.8 Å². The molecule has 4 aromatic rings. The Morgan fingerprint density at radius 1 is 1.03 bits per heavy atom. The highest BCUT2D eigenvalue weighted by atomic mass is 16.6. The average molecular weight is 496 g/mol. The lowest BCUT2D eigenvalue weighted by Gasteiger charge is -2.09. The van der Waals surface area contributed by atoms with E-state index in [-0.39, 0.29) is 17.3 Å². The smallest absolute Gasteiger partial charge is 0.326 e. The van der Waals surface area contributed by atoms with E-state index in [0.717, 1.165) is 5.56 Å². The zero-order chi connectivity index (χ0) is 26.1. The molecule has 3 amide bonds. The molecule has 0 unspecified atom stereocenters. The molecule has 1 aromatic heterocycles. The summed E-state index contributed by atoms with van der Waals surface area (Å²) in [5.41, 5.74) is 9.72.